The summed E-state index contributed by atoms with van der Waals surface area (Å²) in [5.41, 5.74) is -0.554. The van der Waals surface area contributed by atoms with Crippen LogP contribution in [0.3, 0.4) is 0 Å². The van der Waals surface area contributed by atoms with Gasteiger partial charge >= 0.3 is 6.09 Å². The van der Waals surface area contributed by atoms with Crippen LogP contribution in [0.1, 0.15) is 20.8 Å². The summed E-state index contributed by atoms with van der Waals surface area (Å²) in [6, 6.07) is 0. The van der Waals surface area contributed by atoms with Gasteiger partial charge in [0.15, 0.2) is 5.13 Å². The molecule has 0 saturated carbocycles. The second kappa shape index (κ2) is 8.76. The van der Waals surface area contributed by atoms with E-state index in [4.69, 9.17) is 9.47 Å². The van der Waals surface area contributed by atoms with E-state index in [0.29, 0.717) is 16.3 Å². The van der Waals surface area contributed by atoms with Crippen LogP contribution < -0.4 is 4.90 Å². The van der Waals surface area contributed by atoms with E-state index in [9.17, 15) is 4.79 Å². The fourth-order valence-corrected chi connectivity index (χ4v) is 3.07. The molecule has 0 spiro atoms. The van der Waals surface area contributed by atoms with Gasteiger partial charge in [0.1, 0.15) is 16.9 Å². The molecule has 0 radical (unpaired) electrons. The van der Waals surface area contributed by atoms with E-state index in [2.05, 4.69) is 42.1 Å². The molecule has 0 aromatic carbocycles. The molecule has 0 N–H and O–H groups in total. The number of aromatic nitrogens is 1. The Morgan fingerprint density at radius 1 is 1.60 bits per heavy atom. The standard InChI is InChI=1S/C11H16BrIN2O3S2/c1-11(2,3)18-10(16)15(7-17-4-5-20-13)9-14-8(12)6-19-9/h6H,4-5,7H2,1-3H3. The minimum absolute atomic E-state index is 0.131. The molecule has 0 aliphatic heterocycles. The molecule has 114 valence electrons. The van der Waals surface area contributed by atoms with Crippen LogP contribution in [-0.4, -0.2) is 35.8 Å². The summed E-state index contributed by atoms with van der Waals surface area (Å²) < 4.78 is 11.5. The number of halogens is 2. The van der Waals surface area contributed by atoms with Gasteiger partial charge in [-0.1, -0.05) is 8.93 Å². The lowest BCUT2D eigenvalue weighted by Gasteiger charge is -2.25. The highest BCUT2D eigenvalue weighted by Gasteiger charge is 2.25. The minimum atomic E-state index is -0.554. The Kier molecular flexibility index (Phi) is 8.09. The summed E-state index contributed by atoms with van der Waals surface area (Å²) in [4.78, 5) is 17.8. The van der Waals surface area contributed by atoms with Crippen molar-refractivity contribution in [1.29, 1.82) is 0 Å². The van der Waals surface area contributed by atoms with Crippen LogP contribution in [0.2, 0.25) is 0 Å². The predicted molar refractivity (Wildman–Crippen MR) is 95.8 cm³/mol. The first-order chi connectivity index (χ1) is 9.33. The number of nitrogens with zero attached hydrogens (tertiary/aromatic N) is 2. The molecule has 1 rings (SSSR count). The number of thiazole rings is 1. The van der Waals surface area contributed by atoms with Gasteiger partial charge in [0, 0.05) is 11.1 Å². The highest BCUT2D eigenvalue weighted by Crippen LogP contribution is 2.25. The average Bonchev–Trinajstić information content (AvgIpc) is 2.73. The van der Waals surface area contributed by atoms with Crippen molar-refractivity contribution in [3.8, 4) is 0 Å². The molecule has 1 amide bonds. The molecule has 0 aliphatic carbocycles. The predicted octanol–water partition coefficient (Wildman–Crippen LogP) is 4.70. The van der Waals surface area contributed by atoms with E-state index in [-0.39, 0.29) is 6.73 Å². The SMILES string of the molecule is CC(C)(C)OC(=O)N(COCCSI)c1nc(Br)cs1. The quantitative estimate of drug-likeness (QED) is 0.326. The lowest BCUT2D eigenvalue weighted by atomic mass is 10.2. The molecular weight excluding hydrogens is 479 g/mol. The molecule has 1 heterocycles. The van der Waals surface area contributed by atoms with E-state index in [0.717, 1.165) is 5.75 Å². The van der Waals surface area contributed by atoms with Crippen LogP contribution in [0.25, 0.3) is 0 Å². The molecule has 0 aliphatic rings. The number of hydrogen-bond acceptors (Lipinski definition) is 6. The highest BCUT2D eigenvalue weighted by atomic mass is 127. The third kappa shape index (κ3) is 6.92. The Morgan fingerprint density at radius 2 is 2.30 bits per heavy atom. The number of carbonyl (C=O) groups excluding carboxylic acids is 1. The van der Waals surface area contributed by atoms with Gasteiger partial charge < -0.3 is 9.47 Å². The second-order valence-electron chi connectivity index (χ2n) is 4.71. The second-order valence-corrected chi connectivity index (χ2v) is 8.86. The molecule has 0 bridgehead atoms. The third-order valence-electron chi connectivity index (χ3n) is 1.83. The number of amides is 1. The van der Waals surface area contributed by atoms with Gasteiger partial charge in [-0.2, -0.15) is 0 Å². The van der Waals surface area contributed by atoms with Gasteiger partial charge in [-0.25, -0.2) is 14.7 Å². The van der Waals surface area contributed by atoms with Crippen LogP contribution in [-0.2, 0) is 9.47 Å². The maximum Gasteiger partial charge on any atom is 0.418 e. The summed E-state index contributed by atoms with van der Waals surface area (Å²) in [5.74, 6) is 0.865. The monoisotopic (exact) mass is 494 g/mol. The lowest BCUT2D eigenvalue weighted by molar-refractivity contribution is 0.0502. The first kappa shape index (κ1) is 18.5. The third-order valence-corrected chi connectivity index (χ3v) is 5.05. The normalized spacial score (nSPS) is 11.4. The van der Waals surface area contributed by atoms with Crippen molar-refractivity contribution >= 4 is 68.6 Å². The molecular formula is C11H16BrIN2O3S2. The zero-order chi connectivity index (χ0) is 15.2. The minimum Gasteiger partial charge on any atom is -0.443 e. The summed E-state index contributed by atoms with van der Waals surface area (Å²) in [6.45, 7) is 6.18. The van der Waals surface area contributed by atoms with E-state index in [1.807, 2.05) is 26.2 Å². The maximum atomic E-state index is 12.2. The van der Waals surface area contributed by atoms with Gasteiger partial charge in [-0.15, -0.1) is 11.3 Å². The van der Waals surface area contributed by atoms with Crippen molar-refractivity contribution in [1.82, 2.24) is 4.98 Å². The van der Waals surface area contributed by atoms with Crippen molar-refractivity contribution < 1.29 is 14.3 Å². The van der Waals surface area contributed by atoms with Crippen LogP contribution in [0, 0.1) is 0 Å². The maximum absolute atomic E-state index is 12.2. The molecule has 1 aromatic rings. The van der Waals surface area contributed by atoms with E-state index in [1.54, 1.807) is 8.93 Å². The van der Waals surface area contributed by atoms with Gasteiger partial charge in [0.05, 0.1) is 6.61 Å². The Balaban J connectivity index is 2.71. The zero-order valence-electron chi connectivity index (χ0n) is 11.4. The Bertz CT molecular complexity index is 440. The first-order valence-corrected chi connectivity index (χ1v) is 11.0. The molecule has 1 aromatic heterocycles. The number of rotatable bonds is 6. The smallest absolute Gasteiger partial charge is 0.418 e. The van der Waals surface area contributed by atoms with Crippen LogP contribution >= 0.6 is 57.4 Å². The zero-order valence-corrected chi connectivity index (χ0v) is 16.8. The van der Waals surface area contributed by atoms with E-state index < -0.39 is 11.7 Å². The lowest BCUT2D eigenvalue weighted by Crippen LogP contribution is -2.38. The summed E-state index contributed by atoms with van der Waals surface area (Å²) in [6.07, 6.45) is -0.457. The van der Waals surface area contributed by atoms with Crippen LogP contribution in [0.4, 0.5) is 9.93 Å². The molecule has 0 unspecified atom stereocenters. The van der Waals surface area contributed by atoms with Crippen LogP contribution in [0.15, 0.2) is 9.98 Å². The van der Waals surface area contributed by atoms with Gasteiger partial charge in [-0.05, 0) is 57.9 Å². The summed E-state index contributed by atoms with van der Waals surface area (Å²) in [5, 5.41) is 2.36. The molecule has 0 atom stereocenters. The van der Waals surface area contributed by atoms with Crippen molar-refractivity contribution in [2.75, 3.05) is 24.0 Å². The summed E-state index contributed by atoms with van der Waals surface area (Å²) in [7, 11) is 1.66. The van der Waals surface area contributed by atoms with Crippen molar-refractivity contribution in [2.24, 2.45) is 0 Å². The molecule has 5 nitrogen and oxygen atoms in total. The summed E-state index contributed by atoms with van der Waals surface area (Å²) >= 11 is 6.84. The van der Waals surface area contributed by atoms with Crippen molar-refractivity contribution in [3.05, 3.63) is 9.98 Å². The largest absolute Gasteiger partial charge is 0.443 e. The van der Waals surface area contributed by atoms with Gasteiger partial charge in [0.25, 0.3) is 0 Å². The van der Waals surface area contributed by atoms with Crippen molar-refractivity contribution in [2.45, 2.75) is 26.4 Å². The number of hydrogen-bond donors (Lipinski definition) is 0. The first-order valence-electron chi connectivity index (χ1n) is 5.76. The molecule has 0 fully saturated rings. The Hall–Kier alpha value is 0.420. The topological polar surface area (TPSA) is 51.7 Å². The van der Waals surface area contributed by atoms with E-state index >= 15 is 0 Å². The van der Waals surface area contributed by atoms with Gasteiger partial charge in [0.2, 0.25) is 0 Å². The molecule has 20 heavy (non-hydrogen) atoms. The molecule has 9 heteroatoms. The highest BCUT2D eigenvalue weighted by molar-refractivity contribution is 14.2. The Labute approximate surface area is 147 Å². The fourth-order valence-electron chi connectivity index (χ4n) is 1.12. The number of carbonyl (C=O) groups is 1. The van der Waals surface area contributed by atoms with Crippen molar-refractivity contribution in [3.63, 3.8) is 0 Å². The average molecular weight is 495 g/mol. The Morgan fingerprint density at radius 3 is 2.80 bits per heavy atom. The fraction of sp³-hybridized carbons (Fsp3) is 0.636. The van der Waals surface area contributed by atoms with Crippen LogP contribution in [0.5, 0.6) is 0 Å². The molecule has 0 saturated heterocycles. The number of anilines is 1. The number of ether oxygens (including phenoxy) is 2. The van der Waals surface area contributed by atoms with Gasteiger partial charge in [-0.3, -0.25) is 0 Å². The van der Waals surface area contributed by atoms with E-state index in [1.165, 1.54) is 16.2 Å².